The molecule has 0 N–H and O–H groups in total. The Bertz CT molecular complexity index is 501. The maximum absolute atomic E-state index is 12.6. The normalized spacial score (nSPS) is 33.7. The summed E-state index contributed by atoms with van der Waals surface area (Å²) in [6, 6.07) is 10.1. The molecule has 1 saturated carbocycles. The molecule has 1 atom stereocenters. The Balaban J connectivity index is 1.48. The van der Waals surface area contributed by atoms with Crippen LogP contribution in [0, 0.1) is 5.92 Å². The van der Waals surface area contributed by atoms with E-state index in [1.807, 2.05) is 18.2 Å². The van der Waals surface area contributed by atoms with Gasteiger partial charge in [-0.2, -0.15) is 0 Å². The number of carbonyl (C=O) groups excluding carboxylic acids is 1. The third-order valence-corrected chi connectivity index (χ3v) is 5.32. The van der Waals surface area contributed by atoms with Crippen LogP contribution in [0.25, 0.3) is 0 Å². The lowest BCUT2D eigenvalue weighted by molar-refractivity contribution is -0.162. The van der Waals surface area contributed by atoms with E-state index < -0.39 is 0 Å². The second kappa shape index (κ2) is 4.59. The minimum atomic E-state index is -0.326. The monoisotopic (exact) mass is 271 g/mol. The van der Waals surface area contributed by atoms with Gasteiger partial charge in [-0.3, -0.25) is 9.69 Å². The van der Waals surface area contributed by atoms with Crippen molar-refractivity contribution in [3.05, 3.63) is 35.9 Å². The lowest BCUT2D eigenvalue weighted by Gasteiger charge is -2.44. The van der Waals surface area contributed by atoms with E-state index in [0.29, 0.717) is 5.92 Å². The number of nitrogens with zero attached hydrogens (tertiary/aromatic N) is 1. The van der Waals surface area contributed by atoms with Crippen molar-refractivity contribution >= 4 is 5.97 Å². The van der Waals surface area contributed by atoms with Gasteiger partial charge in [0.15, 0.2) is 0 Å². The van der Waals surface area contributed by atoms with E-state index in [0.717, 1.165) is 24.9 Å². The van der Waals surface area contributed by atoms with Crippen molar-refractivity contribution in [2.45, 2.75) is 37.2 Å². The standard InChI is InChI=1S/C17H21NO2/c19-16(17(8-9-17)14-4-2-1-3-5-14)20-15-12-18-10-6-13(15)7-11-18/h1-5,13,15H,6-12H2. The average Bonchev–Trinajstić information content (AvgIpc) is 3.31. The zero-order valence-electron chi connectivity index (χ0n) is 11.8. The van der Waals surface area contributed by atoms with Crippen molar-refractivity contribution in [2.75, 3.05) is 19.6 Å². The van der Waals surface area contributed by atoms with Gasteiger partial charge >= 0.3 is 5.97 Å². The minimum Gasteiger partial charge on any atom is -0.460 e. The Morgan fingerprint density at radius 2 is 1.85 bits per heavy atom. The first-order chi connectivity index (χ1) is 9.78. The molecule has 4 fully saturated rings. The number of hydrogen-bond donors (Lipinski definition) is 0. The predicted octanol–water partition coefficient (Wildman–Crippen LogP) is 2.36. The summed E-state index contributed by atoms with van der Waals surface area (Å²) in [6.45, 7) is 3.31. The molecule has 5 rings (SSSR count). The minimum absolute atomic E-state index is 0.0162. The van der Waals surface area contributed by atoms with Gasteiger partial charge in [-0.05, 0) is 50.3 Å². The number of fused-ring (bicyclic) bond motifs is 3. The Kier molecular flexibility index (Phi) is 2.84. The molecular formula is C17H21NO2. The fraction of sp³-hybridized carbons (Fsp3) is 0.588. The second-order valence-corrected chi connectivity index (χ2v) is 6.53. The summed E-state index contributed by atoms with van der Waals surface area (Å²) in [4.78, 5) is 15.1. The molecule has 0 radical (unpaired) electrons. The van der Waals surface area contributed by atoms with Gasteiger partial charge in [0, 0.05) is 6.54 Å². The molecule has 0 aromatic heterocycles. The van der Waals surface area contributed by atoms with Crippen molar-refractivity contribution in [3.8, 4) is 0 Å². The maximum atomic E-state index is 12.6. The van der Waals surface area contributed by atoms with E-state index in [1.165, 1.54) is 25.9 Å². The van der Waals surface area contributed by atoms with Crippen LogP contribution < -0.4 is 0 Å². The van der Waals surface area contributed by atoms with E-state index in [2.05, 4.69) is 17.0 Å². The number of rotatable bonds is 3. The molecule has 20 heavy (non-hydrogen) atoms. The molecule has 0 amide bonds. The Morgan fingerprint density at radius 3 is 2.40 bits per heavy atom. The third-order valence-electron chi connectivity index (χ3n) is 5.32. The van der Waals surface area contributed by atoms with Crippen LogP contribution >= 0.6 is 0 Å². The second-order valence-electron chi connectivity index (χ2n) is 6.53. The molecule has 106 valence electrons. The van der Waals surface area contributed by atoms with Crippen molar-refractivity contribution < 1.29 is 9.53 Å². The highest BCUT2D eigenvalue weighted by Gasteiger charge is 2.54. The van der Waals surface area contributed by atoms with Gasteiger partial charge in [0.05, 0.1) is 5.41 Å². The summed E-state index contributed by atoms with van der Waals surface area (Å²) < 4.78 is 5.93. The molecule has 1 aromatic carbocycles. The van der Waals surface area contributed by atoms with E-state index in [-0.39, 0.29) is 17.5 Å². The first-order valence-electron chi connectivity index (χ1n) is 7.77. The Morgan fingerprint density at radius 1 is 1.15 bits per heavy atom. The fourth-order valence-electron chi connectivity index (χ4n) is 3.79. The van der Waals surface area contributed by atoms with Crippen LogP contribution in [-0.4, -0.2) is 36.6 Å². The van der Waals surface area contributed by atoms with Crippen LogP contribution in [0.1, 0.15) is 31.2 Å². The van der Waals surface area contributed by atoms with E-state index >= 15 is 0 Å². The van der Waals surface area contributed by atoms with Crippen molar-refractivity contribution in [3.63, 3.8) is 0 Å². The van der Waals surface area contributed by atoms with Crippen LogP contribution in [0.3, 0.4) is 0 Å². The molecular weight excluding hydrogens is 250 g/mol. The first-order valence-corrected chi connectivity index (χ1v) is 7.77. The van der Waals surface area contributed by atoms with E-state index in [1.54, 1.807) is 0 Å². The Labute approximate surface area is 119 Å². The molecule has 4 aliphatic rings. The smallest absolute Gasteiger partial charge is 0.316 e. The third kappa shape index (κ3) is 1.96. The maximum Gasteiger partial charge on any atom is 0.316 e. The highest BCUT2D eigenvalue weighted by atomic mass is 16.5. The van der Waals surface area contributed by atoms with Gasteiger partial charge in [-0.15, -0.1) is 0 Å². The van der Waals surface area contributed by atoms with E-state index in [9.17, 15) is 4.79 Å². The summed E-state index contributed by atoms with van der Waals surface area (Å²) in [6.07, 6.45) is 4.40. The zero-order valence-corrected chi connectivity index (χ0v) is 11.8. The van der Waals surface area contributed by atoms with Gasteiger partial charge in [-0.25, -0.2) is 0 Å². The van der Waals surface area contributed by atoms with Crippen molar-refractivity contribution in [1.29, 1.82) is 0 Å². The highest BCUT2D eigenvalue weighted by molar-refractivity contribution is 5.86. The number of ether oxygens (including phenoxy) is 1. The molecule has 3 heterocycles. The van der Waals surface area contributed by atoms with Gasteiger partial charge in [-0.1, -0.05) is 30.3 Å². The quantitative estimate of drug-likeness (QED) is 0.790. The molecule has 3 heteroatoms. The van der Waals surface area contributed by atoms with Gasteiger partial charge in [0.25, 0.3) is 0 Å². The van der Waals surface area contributed by atoms with Crippen molar-refractivity contribution in [1.82, 2.24) is 4.90 Å². The van der Waals surface area contributed by atoms with Crippen LogP contribution in [0.2, 0.25) is 0 Å². The SMILES string of the molecule is O=C(OC1CN2CCC1CC2)C1(c2ccccc2)CC1. The topological polar surface area (TPSA) is 29.5 Å². The average molecular weight is 271 g/mol. The zero-order chi connectivity index (χ0) is 13.6. The molecule has 3 nitrogen and oxygen atoms in total. The molecule has 1 aromatic rings. The number of benzene rings is 1. The van der Waals surface area contributed by atoms with Gasteiger partial charge in [0.1, 0.15) is 6.10 Å². The molecule has 1 aliphatic carbocycles. The Hall–Kier alpha value is -1.35. The molecule has 1 unspecified atom stereocenters. The fourth-order valence-corrected chi connectivity index (χ4v) is 3.79. The number of piperidine rings is 3. The van der Waals surface area contributed by atoms with Crippen molar-refractivity contribution in [2.24, 2.45) is 5.92 Å². The molecule has 0 spiro atoms. The lowest BCUT2D eigenvalue weighted by Crippen LogP contribution is -2.52. The van der Waals surface area contributed by atoms with Crippen LogP contribution in [-0.2, 0) is 14.9 Å². The summed E-state index contributed by atoms with van der Waals surface area (Å²) in [5.41, 5.74) is 0.805. The molecule has 3 aliphatic heterocycles. The summed E-state index contributed by atoms with van der Waals surface area (Å²) in [5, 5.41) is 0. The first kappa shape index (κ1) is 12.4. The molecule has 3 saturated heterocycles. The van der Waals surface area contributed by atoms with Crippen LogP contribution in [0.4, 0.5) is 0 Å². The predicted molar refractivity (Wildman–Crippen MR) is 76.4 cm³/mol. The largest absolute Gasteiger partial charge is 0.460 e. The van der Waals surface area contributed by atoms with Crippen LogP contribution in [0.5, 0.6) is 0 Å². The summed E-state index contributed by atoms with van der Waals surface area (Å²) in [5.74, 6) is 0.609. The number of hydrogen-bond acceptors (Lipinski definition) is 3. The van der Waals surface area contributed by atoms with Gasteiger partial charge in [0.2, 0.25) is 0 Å². The summed E-state index contributed by atoms with van der Waals surface area (Å²) >= 11 is 0. The van der Waals surface area contributed by atoms with Gasteiger partial charge < -0.3 is 4.74 Å². The molecule has 2 bridgehead atoms. The number of esters is 1. The number of carbonyl (C=O) groups is 1. The van der Waals surface area contributed by atoms with Crippen LogP contribution in [0.15, 0.2) is 30.3 Å². The lowest BCUT2D eigenvalue weighted by atomic mass is 9.85. The highest BCUT2D eigenvalue weighted by Crippen LogP contribution is 2.49. The summed E-state index contributed by atoms with van der Waals surface area (Å²) in [7, 11) is 0. The van der Waals surface area contributed by atoms with E-state index in [4.69, 9.17) is 4.74 Å².